The number of benzene rings is 2. The zero-order valence-electron chi connectivity index (χ0n) is 17.4. The van der Waals surface area contributed by atoms with Crippen molar-refractivity contribution in [2.75, 3.05) is 10.5 Å². The zero-order valence-corrected chi connectivity index (χ0v) is 18.2. The number of fused-ring (bicyclic) bond motifs is 1. The van der Waals surface area contributed by atoms with Crippen LogP contribution in [-0.2, 0) is 10.0 Å². The van der Waals surface area contributed by atoms with E-state index in [1.54, 1.807) is 34.9 Å². The van der Waals surface area contributed by atoms with Crippen molar-refractivity contribution in [3.8, 4) is 23.6 Å². The number of nitrogens with zero attached hydrogens (tertiary/aromatic N) is 3. The molecular formula is C24H19FN4O3S. The van der Waals surface area contributed by atoms with Crippen molar-refractivity contribution in [2.24, 2.45) is 0 Å². The summed E-state index contributed by atoms with van der Waals surface area (Å²) in [6.45, 7) is 0. The predicted octanol–water partition coefficient (Wildman–Crippen LogP) is 3.92. The van der Waals surface area contributed by atoms with Gasteiger partial charge in [0.25, 0.3) is 0 Å². The first kappa shape index (κ1) is 22.2. The monoisotopic (exact) mass is 462 g/mol. The van der Waals surface area contributed by atoms with E-state index in [4.69, 9.17) is 6.42 Å². The lowest BCUT2D eigenvalue weighted by molar-refractivity contribution is 0.103. The number of nitrogens with one attached hydrogen (secondary N) is 1. The van der Waals surface area contributed by atoms with Gasteiger partial charge in [0.2, 0.25) is 15.8 Å². The minimum Gasteiger partial charge on any atom is -0.287 e. The van der Waals surface area contributed by atoms with Crippen LogP contribution >= 0.6 is 0 Å². The summed E-state index contributed by atoms with van der Waals surface area (Å²) in [5.74, 6) is 1.54. The first-order chi connectivity index (χ1) is 15.9. The summed E-state index contributed by atoms with van der Waals surface area (Å²) in [7, 11) is -3.54. The second kappa shape index (κ2) is 9.22. The van der Waals surface area contributed by atoms with Gasteiger partial charge in [0.1, 0.15) is 12.1 Å². The summed E-state index contributed by atoms with van der Waals surface area (Å²) in [4.78, 5) is 21.4. The first-order valence-electron chi connectivity index (χ1n) is 10.0. The second-order valence-corrected chi connectivity index (χ2v) is 9.10. The number of aromatic nitrogens is 3. The van der Waals surface area contributed by atoms with Gasteiger partial charge >= 0.3 is 0 Å². The van der Waals surface area contributed by atoms with Crippen LogP contribution in [0, 0.1) is 18.2 Å². The average molecular weight is 463 g/mol. The number of hydrogen-bond donors (Lipinski definition) is 1. The minimum absolute atomic E-state index is 0.0721. The fourth-order valence-electron chi connectivity index (χ4n) is 3.37. The third-order valence-corrected chi connectivity index (χ3v) is 6.29. The molecule has 0 bridgehead atoms. The molecule has 0 atom stereocenters. The number of unbranched alkanes of at least 4 members (excludes halogenated alkanes) is 1. The largest absolute Gasteiger partial charge is 0.287 e. The highest BCUT2D eigenvalue weighted by molar-refractivity contribution is 7.92. The molecule has 0 radical (unpaired) electrons. The molecule has 0 amide bonds. The fraction of sp³-hybridized carbons (Fsp3) is 0.125. The quantitative estimate of drug-likeness (QED) is 0.243. The summed E-state index contributed by atoms with van der Waals surface area (Å²) in [6.07, 6.45) is 8.96. The molecule has 2 heterocycles. The Bertz CT molecular complexity index is 1470. The van der Waals surface area contributed by atoms with Gasteiger partial charge in [-0.2, -0.15) is 0 Å². The van der Waals surface area contributed by atoms with Crippen LogP contribution in [-0.4, -0.2) is 34.3 Å². The molecule has 4 rings (SSSR count). The van der Waals surface area contributed by atoms with Crippen molar-refractivity contribution >= 4 is 27.1 Å². The second-order valence-electron chi connectivity index (χ2n) is 7.26. The van der Waals surface area contributed by atoms with Gasteiger partial charge in [-0.3, -0.25) is 13.9 Å². The molecule has 0 saturated heterocycles. The summed E-state index contributed by atoms with van der Waals surface area (Å²) in [5.41, 5.74) is 2.53. The summed E-state index contributed by atoms with van der Waals surface area (Å²) in [6, 6.07) is 13.8. The maximum atomic E-state index is 13.2. The summed E-state index contributed by atoms with van der Waals surface area (Å²) >= 11 is 0. The van der Waals surface area contributed by atoms with E-state index in [0.29, 0.717) is 41.0 Å². The van der Waals surface area contributed by atoms with Crippen molar-refractivity contribution in [3.63, 3.8) is 0 Å². The van der Waals surface area contributed by atoms with Crippen LogP contribution in [0.15, 0.2) is 67.1 Å². The van der Waals surface area contributed by atoms with Crippen LogP contribution in [0.2, 0.25) is 0 Å². The Kier molecular flexibility index (Phi) is 6.20. The third-order valence-electron chi connectivity index (χ3n) is 4.92. The Balaban J connectivity index is 1.66. The van der Waals surface area contributed by atoms with E-state index in [1.165, 1.54) is 30.6 Å². The number of carbonyl (C=O) groups is 1. The number of sulfonamides is 1. The van der Waals surface area contributed by atoms with Gasteiger partial charge in [-0.1, -0.05) is 12.1 Å². The molecule has 1 N–H and O–H groups in total. The molecule has 2 aromatic heterocycles. The average Bonchev–Trinajstić information content (AvgIpc) is 3.23. The molecule has 33 heavy (non-hydrogen) atoms. The molecule has 0 spiro atoms. The van der Waals surface area contributed by atoms with Crippen LogP contribution in [0.5, 0.6) is 0 Å². The Hall–Kier alpha value is -4.03. The van der Waals surface area contributed by atoms with Crippen molar-refractivity contribution < 1.29 is 17.6 Å². The Morgan fingerprint density at radius 1 is 1.12 bits per heavy atom. The Morgan fingerprint density at radius 3 is 2.67 bits per heavy atom. The standard InChI is InChI=1S/C24H19FN4O3S/c1-2-3-4-14-33(31,32)28-20-7-5-6-18(15-20)21-12-13-26-24-22(27-16-29(21)24)23(30)17-8-10-19(25)11-9-17/h1,5-13,15-16,28H,3-4,14H2. The zero-order chi connectivity index (χ0) is 23.4. The van der Waals surface area contributed by atoms with Crippen LogP contribution in [0.3, 0.4) is 0 Å². The molecular weight excluding hydrogens is 443 g/mol. The van der Waals surface area contributed by atoms with Gasteiger partial charge in [-0.15, -0.1) is 12.3 Å². The van der Waals surface area contributed by atoms with Crippen molar-refractivity contribution in [3.05, 3.63) is 84.2 Å². The van der Waals surface area contributed by atoms with Gasteiger partial charge in [0, 0.05) is 29.4 Å². The van der Waals surface area contributed by atoms with E-state index >= 15 is 0 Å². The van der Waals surface area contributed by atoms with Crippen LogP contribution in [0.25, 0.3) is 16.9 Å². The number of terminal acetylenes is 1. The van der Waals surface area contributed by atoms with E-state index in [9.17, 15) is 17.6 Å². The molecule has 7 nitrogen and oxygen atoms in total. The van der Waals surface area contributed by atoms with Crippen LogP contribution < -0.4 is 4.72 Å². The van der Waals surface area contributed by atoms with Gasteiger partial charge in [-0.05, 0) is 48.9 Å². The SMILES string of the molecule is C#CCCCS(=O)(=O)Nc1cccc(-c2ccnc3c(C(=O)c4ccc(F)cc4)ncn23)c1. The number of hydrogen-bond acceptors (Lipinski definition) is 5. The highest BCUT2D eigenvalue weighted by Crippen LogP contribution is 2.25. The molecule has 0 aliphatic carbocycles. The first-order valence-corrected chi connectivity index (χ1v) is 11.7. The maximum absolute atomic E-state index is 13.2. The molecule has 9 heteroatoms. The lowest BCUT2D eigenvalue weighted by atomic mass is 10.1. The normalized spacial score (nSPS) is 11.3. The van der Waals surface area contributed by atoms with Crippen LogP contribution in [0.4, 0.5) is 10.1 Å². The summed E-state index contributed by atoms with van der Waals surface area (Å²) in [5, 5.41) is 0. The maximum Gasteiger partial charge on any atom is 0.232 e. The number of anilines is 1. The van der Waals surface area contributed by atoms with Crippen molar-refractivity contribution in [2.45, 2.75) is 12.8 Å². The van der Waals surface area contributed by atoms with Gasteiger partial charge in [0.05, 0.1) is 11.4 Å². The fourth-order valence-corrected chi connectivity index (χ4v) is 4.48. The highest BCUT2D eigenvalue weighted by Gasteiger charge is 2.19. The Labute approximate surface area is 190 Å². The molecule has 2 aromatic carbocycles. The molecule has 166 valence electrons. The highest BCUT2D eigenvalue weighted by atomic mass is 32.2. The molecule has 0 saturated carbocycles. The topological polar surface area (TPSA) is 93.4 Å². The van der Waals surface area contributed by atoms with Crippen molar-refractivity contribution in [1.82, 2.24) is 14.4 Å². The van der Waals surface area contributed by atoms with E-state index in [0.717, 1.165) is 0 Å². The smallest absolute Gasteiger partial charge is 0.232 e. The lowest BCUT2D eigenvalue weighted by Gasteiger charge is -2.10. The number of halogens is 1. The van der Waals surface area contributed by atoms with E-state index in [1.807, 2.05) is 6.07 Å². The summed E-state index contributed by atoms with van der Waals surface area (Å²) < 4.78 is 42.0. The van der Waals surface area contributed by atoms with Gasteiger partial charge in [0.15, 0.2) is 11.3 Å². The number of carbonyl (C=O) groups excluding carboxylic acids is 1. The lowest BCUT2D eigenvalue weighted by Crippen LogP contribution is -2.16. The molecule has 4 aromatic rings. The number of imidazole rings is 1. The minimum atomic E-state index is -3.54. The molecule has 0 unspecified atom stereocenters. The van der Waals surface area contributed by atoms with E-state index in [2.05, 4.69) is 20.6 Å². The molecule has 0 aliphatic heterocycles. The predicted molar refractivity (Wildman–Crippen MR) is 124 cm³/mol. The van der Waals surface area contributed by atoms with Gasteiger partial charge < -0.3 is 0 Å². The number of rotatable bonds is 8. The number of ketones is 1. The van der Waals surface area contributed by atoms with E-state index < -0.39 is 15.8 Å². The van der Waals surface area contributed by atoms with Crippen LogP contribution in [0.1, 0.15) is 28.9 Å². The van der Waals surface area contributed by atoms with Gasteiger partial charge in [-0.25, -0.2) is 22.8 Å². The Morgan fingerprint density at radius 2 is 1.91 bits per heavy atom. The molecule has 0 fully saturated rings. The molecule has 0 aliphatic rings. The van der Waals surface area contributed by atoms with Crippen molar-refractivity contribution in [1.29, 1.82) is 0 Å². The van der Waals surface area contributed by atoms with E-state index in [-0.39, 0.29) is 17.2 Å². The third kappa shape index (κ3) is 4.91.